The third kappa shape index (κ3) is 1.01. The van der Waals surface area contributed by atoms with Crippen LogP contribution in [0, 0.1) is 9.39 Å². The molecule has 1 aliphatic heterocycles. The Morgan fingerprint density at radius 3 is 3.00 bits per heavy atom. The summed E-state index contributed by atoms with van der Waals surface area (Å²) in [7, 11) is 0. The van der Waals surface area contributed by atoms with Crippen LogP contribution in [0.5, 0.6) is 0 Å². The Bertz CT molecular complexity index is 364. The summed E-state index contributed by atoms with van der Waals surface area (Å²) in [6.07, 6.45) is 0. The lowest BCUT2D eigenvalue weighted by atomic mass is 10.1. The van der Waals surface area contributed by atoms with E-state index in [1.807, 2.05) is 22.6 Å². The molecule has 0 unspecified atom stereocenters. The van der Waals surface area contributed by atoms with Gasteiger partial charge in [-0.3, -0.25) is 4.79 Å². The van der Waals surface area contributed by atoms with E-state index in [-0.39, 0.29) is 18.1 Å². The first-order valence-electron chi connectivity index (χ1n) is 3.45. The monoisotopic (exact) mass is 277 g/mol. The van der Waals surface area contributed by atoms with Crippen LogP contribution in [0.25, 0.3) is 0 Å². The van der Waals surface area contributed by atoms with Crippen molar-refractivity contribution in [1.29, 1.82) is 0 Å². The average molecular weight is 277 g/mol. The Balaban J connectivity index is 2.71. The highest BCUT2D eigenvalue weighted by atomic mass is 127. The molecule has 0 bridgehead atoms. The number of rotatable bonds is 0. The molecule has 0 aliphatic carbocycles. The number of carbonyl (C=O) groups excluding carboxylic acids is 1. The minimum atomic E-state index is -0.327. The number of hydrogen-bond donors (Lipinski definition) is 1. The lowest BCUT2D eigenvalue weighted by molar-refractivity contribution is 0.101. The van der Waals surface area contributed by atoms with Gasteiger partial charge in [-0.25, -0.2) is 4.39 Å². The van der Waals surface area contributed by atoms with Gasteiger partial charge in [0.2, 0.25) is 0 Å². The molecule has 0 saturated carbocycles. The van der Waals surface area contributed by atoms with E-state index in [9.17, 15) is 9.18 Å². The molecular weight excluding hydrogens is 272 g/mol. The van der Waals surface area contributed by atoms with Crippen molar-refractivity contribution in [3.05, 3.63) is 27.1 Å². The van der Waals surface area contributed by atoms with Crippen LogP contribution in [0.2, 0.25) is 0 Å². The summed E-state index contributed by atoms with van der Waals surface area (Å²) < 4.78 is 13.4. The maximum Gasteiger partial charge on any atom is 0.185 e. The van der Waals surface area contributed by atoms with Crippen molar-refractivity contribution in [3.8, 4) is 0 Å². The van der Waals surface area contributed by atoms with Crippen LogP contribution in [0.3, 0.4) is 0 Å². The summed E-state index contributed by atoms with van der Waals surface area (Å²) in [4.78, 5) is 11.2. The third-order valence-electron chi connectivity index (χ3n) is 1.81. The van der Waals surface area contributed by atoms with Crippen molar-refractivity contribution in [1.82, 2.24) is 0 Å². The summed E-state index contributed by atoms with van der Waals surface area (Å²) in [5, 5.41) is 2.90. The van der Waals surface area contributed by atoms with E-state index in [1.165, 1.54) is 6.07 Å². The molecule has 62 valence electrons. The van der Waals surface area contributed by atoms with Crippen molar-refractivity contribution in [2.45, 2.75) is 0 Å². The van der Waals surface area contributed by atoms with E-state index in [1.54, 1.807) is 6.07 Å². The predicted molar refractivity (Wildman–Crippen MR) is 51.9 cm³/mol. The van der Waals surface area contributed by atoms with E-state index in [0.717, 1.165) is 5.69 Å². The summed E-state index contributed by atoms with van der Waals surface area (Å²) in [6, 6.07) is 2.96. The number of nitrogens with one attached hydrogen (secondary N) is 1. The Kier molecular flexibility index (Phi) is 1.79. The number of fused-ring (bicyclic) bond motifs is 1. The van der Waals surface area contributed by atoms with Crippen molar-refractivity contribution >= 4 is 34.1 Å². The van der Waals surface area contributed by atoms with Crippen LogP contribution >= 0.6 is 22.6 Å². The highest BCUT2D eigenvalue weighted by Gasteiger charge is 2.23. The second kappa shape index (κ2) is 2.69. The Labute approximate surface area is 82.3 Å². The molecule has 12 heavy (non-hydrogen) atoms. The molecule has 0 fully saturated rings. The fourth-order valence-electron chi connectivity index (χ4n) is 1.23. The Hall–Kier alpha value is -0.650. The summed E-state index contributed by atoms with van der Waals surface area (Å²) in [5.74, 6) is -0.361. The summed E-state index contributed by atoms with van der Waals surface area (Å²) >= 11 is 1.85. The van der Waals surface area contributed by atoms with Crippen LogP contribution in [0.15, 0.2) is 12.1 Å². The van der Waals surface area contributed by atoms with Crippen LogP contribution in [0.1, 0.15) is 10.4 Å². The van der Waals surface area contributed by atoms with Gasteiger partial charge in [-0.15, -0.1) is 0 Å². The van der Waals surface area contributed by atoms with Crippen molar-refractivity contribution in [2.24, 2.45) is 0 Å². The molecule has 0 saturated heterocycles. The maximum atomic E-state index is 13.0. The number of hydrogen-bond acceptors (Lipinski definition) is 2. The lowest BCUT2D eigenvalue weighted by Crippen LogP contribution is -2.02. The molecule has 1 heterocycles. The predicted octanol–water partition coefficient (Wildman–Crippen LogP) is 2.04. The van der Waals surface area contributed by atoms with Gasteiger partial charge in [0.25, 0.3) is 0 Å². The first-order chi connectivity index (χ1) is 5.70. The van der Waals surface area contributed by atoms with Crippen LogP contribution in [-0.2, 0) is 0 Å². The molecule has 1 N–H and O–H groups in total. The molecule has 0 radical (unpaired) electrons. The standard InChI is InChI=1S/C8H5FINO/c9-4-1-2-5-7(8(4)10)6(12)3-11-5/h1-2,11H,3H2. The van der Waals surface area contributed by atoms with E-state index in [4.69, 9.17) is 0 Å². The van der Waals surface area contributed by atoms with Gasteiger partial charge in [-0.1, -0.05) is 0 Å². The first-order valence-corrected chi connectivity index (χ1v) is 4.53. The highest BCUT2D eigenvalue weighted by molar-refractivity contribution is 14.1. The van der Waals surface area contributed by atoms with Crippen LogP contribution in [0.4, 0.5) is 10.1 Å². The number of carbonyl (C=O) groups is 1. The number of halogens is 2. The zero-order valence-corrected chi connectivity index (χ0v) is 8.18. The zero-order chi connectivity index (χ0) is 8.72. The van der Waals surface area contributed by atoms with E-state index < -0.39 is 0 Å². The molecule has 2 rings (SSSR count). The largest absolute Gasteiger partial charge is 0.377 e. The molecule has 0 atom stereocenters. The molecule has 2 nitrogen and oxygen atoms in total. The molecule has 0 aromatic heterocycles. The second-order valence-electron chi connectivity index (χ2n) is 2.56. The average Bonchev–Trinajstić information content (AvgIpc) is 2.41. The minimum Gasteiger partial charge on any atom is -0.377 e. The van der Waals surface area contributed by atoms with Gasteiger partial charge in [-0.2, -0.15) is 0 Å². The summed E-state index contributed by atoms with van der Waals surface area (Å²) in [5.41, 5.74) is 1.24. The van der Waals surface area contributed by atoms with Gasteiger partial charge in [0.15, 0.2) is 5.78 Å². The molecular formula is C8H5FINO. The van der Waals surface area contributed by atoms with Gasteiger partial charge in [-0.05, 0) is 34.7 Å². The smallest absolute Gasteiger partial charge is 0.185 e. The molecule has 0 spiro atoms. The maximum absolute atomic E-state index is 13.0. The van der Waals surface area contributed by atoms with E-state index in [0.29, 0.717) is 9.13 Å². The molecule has 4 heteroatoms. The number of ketones is 1. The van der Waals surface area contributed by atoms with Crippen molar-refractivity contribution in [2.75, 3.05) is 11.9 Å². The zero-order valence-electron chi connectivity index (χ0n) is 6.03. The van der Waals surface area contributed by atoms with Gasteiger partial charge in [0.05, 0.1) is 15.7 Å². The third-order valence-corrected chi connectivity index (χ3v) is 2.87. The Morgan fingerprint density at radius 1 is 1.50 bits per heavy atom. The van der Waals surface area contributed by atoms with Gasteiger partial charge < -0.3 is 5.32 Å². The minimum absolute atomic E-state index is 0.0334. The molecule has 1 aromatic carbocycles. The normalized spacial score (nSPS) is 14.3. The number of benzene rings is 1. The topological polar surface area (TPSA) is 29.1 Å². The fraction of sp³-hybridized carbons (Fsp3) is 0.125. The van der Waals surface area contributed by atoms with Gasteiger partial charge in [0.1, 0.15) is 5.82 Å². The lowest BCUT2D eigenvalue weighted by Gasteiger charge is -2.00. The van der Waals surface area contributed by atoms with Crippen molar-refractivity contribution in [3.63, 3.8) is 0 Å². The fourth-order valence-corrected chi connectivity index (χ4v) is 2.01. The first kappa shape index (κ1) is 7.97. The summed E-state index contributed by atoms with van der Waals surface area (Å²) in [6.45, 7) is 0.286. The second-order valence-corrected chi connectivity index (χ2v) is 3.64. The molecule has 0 amide bonds. The van der Waals surface area contributed by atoms with Gasteiger partial charge in [0, 0.05) is 5.69 Å². The Morgan fingerprint density at radius 2 is 2.25 bits per heavy atom. The van der Waals surface area contributed by atoms with E-state index >= 15 is 0 Å². The molecule has 1 aliphatic rings. The van der Waals surface area contributed by atoms with Crippen LogP contribution < -0.4 is 5.32 Å². The highest BCUT2D eigenvalue weighted by Crippen LogP contribution is 2.28. The quantitative estimate of drug-likeness (QED) is 0.735. The molecule has 1 aromatic rings. The van der Waals surface area contributed by atoms with Gasteiger partial charge >= 0.3 is 0 Å². The van der Waals surface area contributed by atoms with E-state index in [2.05, 4.69) is 5.32 Å². The SMILES string of the molecule is O=C1CNc2ccc(F)c(I)c21. The van der Waals surface area contributed by atoms with Crippen LogP contribution in [-0.4, -0.2) is 12.3 Å². The van der Waals surface area contributed by atoms with Crippen molar-refractivity contribution < 1.29 is 9.18 Å². The number of anilines is 1. The number of Topliss-reactive ketones (excluding diaryl/α,β-unsaturated/α-hetero) is 1.